The van der Waals surface area contributed by atoms with Gasteiger partial charge in [0.1, 0.15) is 0 Å². The molecular weight excluding hydrogens is 358 g/mol. The maximum Gasteiger partial charge on any atom is 0.309 e. The molecule has 1 aliphatic rings. The Morgan fingerprint density at radius 3 is 2.52 bits per heavy atom. The van der Waals surface area contributed by atoms with Crippen molar-refractivity contribution in [2.45, 2.75) is 45.3 Å². The summed E-state index contributed by atoms with van der Waals surface area (Å²) in [6.45, 7) is 7.78. The van der Waals surface area contributed by atoms with E-state index in [1.54, 1.807) is 11.3 Å². The Morgan fingerprint density at radius 1 is 1.11 bits per heavy atom. The van der Waals surface area contributed by atoms with E-state index in [-0.39, 0.29) is 6.04 Å². The van der Waals surface area contributed by atoms with Crippen LogP contribution in [0.2, 0.25) is 0 Å². The summed E-state index contributed by atoms with van der Waals surface area (Å²) in [6, 6.07) is 12.7. The number of amides is 2. The van der Waals surface area contributed by atoms with Crippen LogP contribution in [0.3, 0.4) is 0 Å². The summed E-state index contributed by atoms with van der Waals surface area (Å²) in [4.78, 5) is 27.9. The first-order valence-electron chi connectivity index (χ1n) is 9.28. The molecule has 0 bridgehead atoms. The molecule has 0 saturated heterocycles. The number of carbonyl (C=O) groups excluding carboxylic acids is 2. The Labute approximate surface area is 164 Å². The smallest absolute Gasteiger partial charge is 0.309 e. The van der Waals surface area contributed by atoms with Crippen molar-refractivity contribution in [1.82, 2.24) is 15.5 Å². The number of fused-ring (bicyclic) bond motifs is 1. The van der Waals surface area contributed by atoms with Crippen LogP contribution in [0, 0.1) is 0 Å². The second-order valence-corrected chi connectivity index (χ2v) is 8.91. The molecule has 27 heavy (non-hydrogen) atoms. The molecule has 2 N–H and O–H groups in total. The number of thiophene rings is 1. The van der Waals surface area contributed by atoms with Gasteiger partial charge < -0.3 is 10.6 Å². The van der Waals surface area contributed by atoms with Crippen molar-refractivity contribution >= 4 is 23.2 Å². The van der Waals surface area contributed by atoms with E-state index in [9.17, 15) is 9.59 Å². The lowest BCUT2D eigenvalue weighted by molar-refractivity contribution is -0.140. The summed E-state index contributed by atoms with van der Waals surface area (Å²) in [6.07, 6.45) is 0.997. The van der Waals surface area contributed by atoms with Gasteiger partial charge in [-0.3, -0.25) is 14.5 Å². The van der Waals surface area contributed by atoms with E-state index in [4.69, 9.17) is 0 Å². The van der Waals surface area contributed by atoms with Crippen LogP contribution in [-0.2, 0) is 22.6 Å². The highest BCUT2D eigenvalue weighted by Gasteiger charge is 2.27. The average molecular weight is 386 g/mol. The highest BCUT2D eigenvalue weighted by molar-refractivity contribution is 7.10. The number of carbonyl (C=O) groups is 2. The zero-order chi connectivity index (χ0) is 19.4. The van der Waals surface area contributed by atoms with Gasteiger partial charge in [-0.1, -0.05) is 30.3 Å². The van der Waals surface area contributed by atoms with Gasteiger partial charge in [-0.15, -0.1) is 11.3 Å². The molecule has 0 aliphatic carbocycles. The number of rotatable bonds is 4. The van der Waals surface area contributed by atoms with Gasteiger partial charge >= 0.3 is 11.8 Å². The van der Waals surface area contributed by atoms with E-state index in [2.05, 4.69) is 45.9 Å². The van der Waals surface area contributed by atoms with Crippen LogP contribution < -0.4 is 10.6 Å². The molecule has 6 heteroatoms. The predicted octanol–water partition coefficient (Wildman–Crippen LogP) is 2.88. The summed E-state index contributed by atoms with van der Waals surface area (Å²) in [7, 11) is 0. The SMILES string of the molecule is CC(C)(C)NC(=O)C(=O)NC[C@H](c1cccs1)N1CCc2ccccc2C1. The van der Waals surface area contributed by atoms with Gasteiger partial charge in [-0.05, 0) is 49.8 Å². The Bertz CT molecular complexity index is 796. The monoisotopic (exact) mass is 385 g/mol. The Hall–Kier alpha value is -2.18. The Balaban J connectivity index is 1.69. The normalized spacial score (nSPS) is 15.7. The van der Waals surface area contributed by atoms with E-state index < -0.39 is 17.4 Å². The van der Waals surface area contributed by atoms with E-state index in [0.717, 1.165) is 19.5 Å². The Morgan fingerprint density at radius 2 is 1.85 bits per heavy atom. The van der Waals surface area contributed by atoms with Crippen LogP contribution in [0.15, 0.2) is 41.8 Å². The van der Waals surface area contributed by atoms with Crippen molar-refractivity contribution in [3.63, 3.8) is 0 Å². The maximum absolute atomic E-state index is 12.2. The minimum absolute atomic E-state index is 0.0599. The molecule has 144 valence electrons. The van der Waals surface area contributed by atoms with Crippen molar-refractivity contribution in [3.05, 3.63) is 57.8 Å². The molecule has 2 amide bonds. The number of nitrogens with zero attached hydrogens (tertiary/aromatic N) is 1. The van der Waals surface area contributed by atoms with Crippen LogP contribution in [0.25, 0.3) is 0 Å². The first-order valence-corrected chi connectivity index (χ1v) is 10.2. The van der Waals surface area contributed by atoms with E-state index in [1.165, 1.54) is 16.0 Å². The molecule has 0 unspecified atom stereocenters. The molecule has 1 atom stereocenters. The van der Waals surface area contributed by atoms with Crippen molar-refractivity contribution in [2.24, 2.45) is 0 Å². The molecular formula is C21H27N3O2S. The zero-order valence-electron chi connectivity index (χ0n) is 16.1. The third kappa shape index (κ3) is 5.17. The number of hydrogen-bond acceptors (Lipinski definition) is 4. The van der Waals surface area contributed by atoms with Gasteiger partial charge in [0.05, 0.1) is 6.04 Å². The summed E-state index contributed by atoms with van der Waals surface area (Å²) in [5.41, 5.74) is 2.30. The molecule has 0 fully saturated rings. The van der Waals surface area contributed by atoms with Crippen molar-refractivity contribution < 1.29 is 9.59 Å². The largest absolute Gasteiger partial charge is 0.346 e. The number of benzene rings is 1. The van der Waals surface area contributed by atoms with Crippen LogP contribution in [0.4, 0.5) is 0 Å². The lowest BCUT2D eigenvalue weighted by Crippen LogP contribution is -2.49. The summed E-state index contributed by atoms with van der Waals surface area (Å²) >= 11 is 1.68. The van der Waals surface area contributed by atoms with Gasteiger partial charge in [0.25, 0.3) is 0 Å². The molecule has 2 heterocycles. The molecule has 1 aromatic heterocycles. The quantitative estimate of drug-likeness (QED) is 0.796. The summed E-state index contributed by atoms with van der Waals surface area (Å²) < 4.78 is 0. The first kappa shape index (κ1) is 19.6. The van der Waals surface area contributed by atoms with Gasteiger partial charge in [0.15, 0.2) is 0 Å². The minimum atomic E-state index is -0.587. The molecule has 1 aromatic carbocycles. The minimum Gasteiger partial charge on any atom is -0.346 e. The molecule has 2 aromatic rings. The van der Waals surface area contributed by atoms with Gasteiger partial charge in [0.2, 0.25) is 0 Å². The number of hydrogen-bond donors (Lipinski definition) is 2. The maximum atomic E-state index is 12.2. The van der Waals surface area contributed by atoms with Gasteiger partial charge in [-0.25, -0.2) is 0 Å². The molecule has 0 radical (unpaired) electrons. The molecule has 5 nitrogen and oxygen atoms in total. The second kappa shape index (κ2) is 8.23. The average Bonchev–Trinajstić information content (AvgIpc) is 3.14. The fraction of sp³-hybridized carbons (Fsp3) is 0.429. The number of nitrogens with one attached hydrogen (secondary N) is 2. The van der Waals surface area contributed by atoms with Crippen molar-refractivity contribution in [3.8, 4) is 0 Å². The van der Waals surface area contributed by atoms with Gasteiger partial charge in [-0.2, -0.15) is 0 Å². The topological polar surface area (TPSA) is 61.4 Å². The van der Waals surface area contributed by atoms with E-state index >= 15 is 0 Å². The van der Waals surface area contributed by atoms with Crippen LogP contribution in [-0.4, -0.2) is 35.3 Å². The first-order chi connectivity index (χ1) is 12.8. The van der Waals surface area contributed by atoms with Crippen molar-refractivity contribution in [1.29, 1.82) is 0 Å². The van der Waals surface area contributed by atoms with E-state index in [0.29, 0.717) is 6.54 Å². The molecule has 1 aliphatic heterocycles. The van der Waals surface area contributed by atoms with Crippen LogP contribution in [0.1, 0.15) is 42.8 Å². The fourth-order valence-electron chi connectivity index (χ4n) is 3.34. The molecule has 3 rings (SSSR count). The standard InChI is InChI=1S/C21H27N3O2S/c1-21(2,3)23-20(26)19(25)22-13-17(18-9-6-12-27-18)24-11-10-15-7-4-5-8-16(15)14-24/h4-9,12,17H,10-11,13-14H2,1-3H3,(H,22,25)(H,23,26)/t17-/m1/s1. The second-order valence-electron chi connectivity index (χ2n) is 7.93. The molecule has 0 spiro atoms. The summed E-state index contributed by atoms with van der Waals surface area (Å²) in [5, 5.41) is 7.59. The zero-order valence-corrected chi connectivity index (χ0v) is 16.9. The fourth-order valence-corrected chi connectivity index (χ4v) is 4.20. The van der Waals surface area contributed by atoms with Crippen molar-refractivity contribution in [2.75, 3.05) is 13.1 Å². The van der Waals surface area contributed by atoms with Gasteiger partial charge in [0, 0.05) is 30.1 Å². The lowest BCUT2D eigenvalue weighted by atomic mass is 9.98. The van der Waals surface area contributed by atoms with Crippen LogP contribution in [0.5, 0.6) is 0 Å². The van der Waals surface area contributed by atoms with E-state index in [1.807, 2.05) is 32.2 Å². The van der Waals surface area contributed by atoms with Crippen LogP contribution >= 0.6 is 11.3 Å². The third-order valence-corrected chi connectivity index (χ3v) is 5.60. The third-order valence-electron chi connectivity index (χ3n) is 4.62. The highest BCUT2D eigenvalue weighted by Crippen LogP contribution is 2.29. The summed E-state index contributed by atoms with van der Waals surface area (Å²) in [5.74, 6) is -1.17. The Kier molecular flexibility index (Phi) is 5.97. The molecule has 0 saturated carbocycles. The predicted molar refractivity (Wildman–Crippen MR) is 109 cm³/mol. The lowest BCUT2D eigenvalue weighted by Gasteiger charge is -2.35. The highest BCUT2D eigenvalue weighted by atomic mass is 32.1.